The number of alkyl halides is 6. The third kappa shape index (κ3) is 4.21. The second kappa shape index (κ2) is 6.46. The third-order valence-corrected chi connectivity index (χ3v) is 2.95. The van der Waals surface area contributed by atoms with Gasteiger partial charge in [0.1, 0.15) is 0 Å². The molecule has 0 saturated carbocycles. The van der Waals surface area contributed by atoms with Crippen molar-refractivity contribution in [2.75, 3.05) is 0 Å². The van der Waals surface area contributed by atoms with Gasteiger partial charge in [-0.3, -0.25) is 14.8 Å². The van der Waals surface area contributed by atoms with Gasteiger partial charge >= 0.3 is 12.4 Å². The second-order valence-electron chi connectivity index (χ2n) is 4.64. The van der Waals surface area contributed by atoms with Crippen molar-refractivity contribution in [1.82, 2.24) is 15.3 Å². The molecule has 10 heteroatoms. The van der Waals surface area contributed by atoms with Crippen molar-refractivity contribution < 1.29 is 31.1 Å². The minimum Gasteiger partial charge on any atom is -0.346 e. The first-order valence-corrected chi connectivity index (χ1v) is 6.40. The van der Waals surface area contributed by atoms with Crippen molar-refractivity contribution in [3.05, 3.63) is 59.2 Å². The summed E-state index contributed by atoms with van der Waals surface area (Å²) in [6.45, 7) is -0.330. The molecule has 2 rings (SSSR count). The summed E-state index contributed by atoms with van der Waals surface area (Å²) in [6.07, 6.45) is -7.05. The third-order valence-electron chi connectivity index (χ3n) is 2.95. The number of hydrogen-bond acceptors (Lipinski definition) is 3. The van der Waals surface area contributed by atoms with Gasteiger partial charge in [-0.15, -0.1) is 0 Å². The molecule has 2 aromatic heterocycles. The number of aromatic nitrogens is 2. The van der Waals surface area contributed by atoms with E-state index in [0.29, 0.717) is 12.3 Å². The summed E-state index contributed by atoms with van der Waals surface area (Å²) in [4.78, 5) is 18.8. The highest BCUT2D eigenvalue weighted by Gasteiger charge is 2.35. The number of rotatable bonds is 3. The van der Waals surface area contributed by atoms with Crippen LogP contribution in [-0.2, 0) is 18.9 Å². The molecule has 0 radical (unpaired) electrons. The van der Waals surface area contributed by atoms with Crippen LogP contribution in [0.3, 0.4) is 0 Å². The Balaban J connectivity index is 2.09. The summed E-state index contributed by atoms with van der Waals surface area (Å²) < 4.78 is 75.6. The van der Waals surface area contributed by atoms with E-state index >= 15 is 0 Å². The molecule has 2 heterocycles. The van der Waals surface area contributed by atoms with Crippen molar-refractivity contribution in [3.63, 3.8) is 0 Å². The van der Waals surface area contributed by atoms with Gasteiger partial charge in [0.15, 0.2) is 0 Å². The lowest BCUT2D eigenvalue weighted by Gasteiger charge is -2.12. The van der Waals surface area contributed by atoms with Crippen molar-refractivity contribution >= 4 is 5.91 Å². The van der Waals surface area contributed by atoms with E-state index in [2.05, 4.69) is 15.3 Å². The molecular weight excluding hydrogens is 340 g/mol. The molecule has 2 aromatic rings. The molecule has 24 heavy (non-hydrogen) atoms. The number of carbonyl (C=O) groups is 1. The van der Waals surface area contributed by atoms with Crippen LogP contribution in [-0.4, -0.2) is 15.9 Å². The number of carbonyl (C=O) groups excluding carboxylic acids is 1. The van der Waals surface area contributed by atoms with Gasteiger partial charge in [0, 0.05) is 18.6 Å². The minimum atomic E-state index is -4.73. The fourth-order valence-corrected chi connectivity index (χ4v) is 1.79. The van der Waals surface area contributed by atoms with Crippen molar-refractivity contribution in [2.45, 2.75) is 18.9 Å². The van der Waals surface area contributed by atoms with Crippen LogP contribution in [0.4, 0.5) is 26.3 Å². The summed E-state index contributed by atoms with van der Waals surface area (Å²) in [5.74, 6) is -1.06. The Morgan fingerprint density at radius 2 is 1.71 bits per heavy atom. The molecule has 0 saturated heterocycles. The number of halogens is 6. The lowest BCUT2D eigenvalue weighted by atomic mass is 10.1. The fraction of sp³-hybridized carbons (Fsp3) is 0.214. The number of nitrogens with zero attached hydrogens (tertiary/aromatic N) is 2. The molecule has 0 aliphatic rings. The Morgan fingerprint density at radius 1 is 1.00 bits per heavy atom. The van der Waals surface area contributed by atoms with Gasteiger partial charge < -0.3 is 5.32 Å². The van der Waals surface area contributed by atoms with E-state index in [9.17, 15) is 31.1 Å². The van der Waals surface area contributed by atoms with Crippen LogP contribution in [0, 0.1) is 0 Å². The van der Waals surface area contributed by atoms with Crippen molar-refractivity contribution in [1.29, 1.82) is 0 Å². The Kier molecular flexibility index (Phi) is 4.76. The summed E-state index contributed by atoms with van der Waals surface area (Å²) in [7, 11) is 0. The fourth-order valence-electron chi connectivity index (χ4n) is 1.79. The summed E-state index contributed by atoms with van der Waals surface area (Å²) in [6, 6.07) is 2.45. The topological polar surface area (TPSA) is 54.9 Å². The Morgan fingerprint density at radius 3 is 2.25 bits per heavy atom. The molecule has 0 aliphatic heterocycles. The summed E-state index contributed by atoms with van der Waals surface area (Å²) >= 11 is 0. The van der Waals surface area contributed by atoms with Gasteiger partial charge in [-0.25, -0.2) is 0 Å². The van der Waals surface area contributed by atoms with Crippen LogP contribution >= 0.6 is 0 Å². The number of hydrogen-bond donors (Lipinski definition) is 1. The zero-order valence-corrected chi connectivity index (χ0v) is 11.7. The highest BCUT2D eigenvalue weighted by molar-refractivity contribution is 5.95. The first-order chi connectivity index (χ1) is 11.1. The number of amides is 1. The molecule has 0 unspecified atom stereocenters. The molecule has 0 atom stereocenters. The van der Waals surface area contributed by atoms with E-state index in [1.807, 2.05) is 0 Å². The van der Waals surface area contributed by atoms with Crippen LogP contribution in [0.5, 0.6) is 0 Å². The highest BCUT2D eigenvalue weighted by Crippen LogP contribution is 2.31. The maximum atomic E-state index is 12.8. The van der Waals surface area contributed by atoms with Gasteiger partial charge in [0.05, 0.1) is 28.9 Å². The van der Waals surface area contributed by atoms with E-state index in [0.717, 1.165) is 24.5 Å². The summed E-state index contributed by atoms with van der Waals surface area (Å²) in [5.41, 5.74) is -2.75. The smallest absolute Gasteiger partial charge is 0.346 e. The zero-order chi connectivity index (χ0) is 18.0. The van der Waals surface area contributed by atoms with E-state index < -0.39 is 35.0 Å². The van der Waals surface area contributed by atoms with E-state index in [4.69, 9.17) is 0 Å². The average molecular weight is 349 g/mol. The average Bonchev–Trinajstić information content (AvgIpc) is 2.51. The standard InChI is InChI=1S/C14H9F6N3O/c15-13(16,17)8-1-2-9(22-5-8)6-23-12(24)10-7-21-4-3-11(10)14(18,19)20/h1-5,7H,6H2,(H,23,24). The van der Waals surface area contributed by atoms with Gasteiger partial charge in [-0.1, -0.05) is 0 Å². The lowest BCUT2D eigenvalue weighted by molar-refractivity contribution is -0.138. The second-order valence-corrected chi connectivity index (χ2v) is 4.64. The summed E-state index contributed by atoms with van der Waals surface area (Å²) in [5, 5.41) is 2.16. The molecule has 0 bridgehead atoms. The van der Waals surface area contributed by atoms with Crippen molar-refractivity contribution in [2.24, 2.45) is 0 Å². The lowest BCUT2D eigenvalue weighted by Crippen LogP contribution is -2.26. The van der Waals surface area contributed by atoms with Crippen LogP contribution in [0.25, 0.3) is 0 Å². The number of nitrogens with one attached hydrogen (secondary N) is 1. The molecule has 0 fully saturated rings. The first-order valence-electron chi connectivity index (χ1n) is 6.40. The monoisotopic (exact) mass is 349 g/mol. The van der Waals surface area contributed by atoms with Crippen LogP contribution < -0.4 is 5.32 Å². The normalized spacial score (nSPS) is 12.1. The Hall–Kier alpha value is -2.65. The van der Waals surface area contributed by atoms with Gasteiger partial charge in [-0.2, -0.15) is 26.3 Å². The molecule has 4 nitrogen and oxygen atoms in total. The quantitative estimate of drug-likeness (QED) is 0.864. The van der Waals surface area contributed by atoms with Gasteiger partial charge in [0.25, 0.3) is 5.91 Å². The van der Waals surface area contributed by atoms with E-state index in [1.54, 1.807) is 0 Å². The highest BCUT2D eigenvalue weighted by atomic mass is 19.4. The maximum Gasteiger partial charge on any atom is 0.417 e. The molecule has 1 amide bonds. The first kappa shape index (κ1) is 17.7. The van der Waals surface area contributed by atoms with E-state index in [-0.39, 0.29) is 12.2 Å². The molecule has 0 aromatic carbocycles. The van der Waals surface area contributed by atoms with Crippen molar-refractivity contribution in [3.8, 4) is 0 Å². The van der Waals surface area contributed by atoms with Gasteiger partial charge in [-0.05, 0) is 18.2 Å². The van der Waals surface area contributed by atoms with Gasteiger partial charge in [0.2, 0.25) is 0 Å². The largest absolute Gasteiger partial charge is 0.417 e. The molecule has 1 N–H and O–H groups in total. The van der Waals surface area contributed by atoms with Crippen LogP contribution in [0.15, 0.2) is 36.8 Å². The SMILES string of the molecule is O=C(NCc1ccc(C(F)(F)F)cn1)c1cnccc1C(F)(F)F. The Bertz CT molecular complexity index is 725. The maximum absolute atomic E-state index is 12.8. The predicted molar refractivity (Wildman–Crippen MR) is 69.6 cm³/mol. The van der Waals surface area contributed by atoms with Crippen LogP contribution in [0.2, 0.25) is 0 Å². The Labute approximate surface area is 131 Å². The number of pyridine rings is 2. The van der Waals surface area contributed by atoms with E-state index in [1.165, 1.54) is 0 Å². The molecule has 0 spiro atoms. The molecular formula is C14H9F6N3O. The molecule has 0 aliphatic carbocycles. The minimum absolute atomic E-state index is 0.0637. The zero-order valence-electron chi connectivity index (χ0n) is 11.7. The molecule has 128 valence electrons. The van der Waals surface area contributed by atoms with Crippen LogP contribution in [0.1, 0.15) is 27.2 Å². The predicted octanol–water partition coefficient (Wildman–Crippen LogP) is 3.44.